The summed E-state index contributed by atoms with van der Waals surface area (Å²) in [7, 11) is 0. The van der Waals surface area contributed by atoms with Crippen molar-refractivity contribution >= 4 is 17.5 Å². The average Bonchev–Trinajstić information content (AvgIpc) is 2.47. The lowest BCUT2D eigenvalue weighted by molar-refractivity contribution is 0.0637. The number of hydrogen-bond acceptors (Lipinski definition) is 4. The summed E-state index contributed by atoms with van der Waals surface area (Å²) in [5, 5.41) is 0.331. The minimum absolute atomic E-state index is 0.0879. The first-order valence-corrected chi connectivity index (χ1v) is 7.44. The first kappa shape index (κ1) is 15.2. The molecule has 2 heterocycles. The molecule has 20 heavy (non-hydrogen) atoms. The van der Waals surface area contributed by atoms with Gasteiger partial charge < -0.3 is 9.80 Å². The Morgan fingerprint density at radius 1 is 1.35 bits per heavy atom. The fourth-order valence-corrected chi connectivity index (χ4v) is 2.40. The van der Waals surface area contributed by atoms with Crippen molar-refractivity contribution in [3.63, 3.8) is 0 Å². The smallest absolute Gasteiger partial charge is 0.274 e. The van der Waals surface area contributed by atoms with Crippen molar-refractivity contribution < 1.29 is 4.79 Å². The second kappa shape index (κ2) is 6.50. The van der Waals surface area contributed by atoms with Gasteiger partial charge in [0.1, 0.15) is 5.82 Å². The summed E-state index contributed by atoms with van der Waals surface area (Å²) in [6.07, 6.45) is 1.53. The van der Waals surface area contributed by atoms with Crippen LogP contribution in [-0.4, -0.2) is 58.4 Å². The van der Waals surface area contributed by atoms with Crippen LogP contribution in [0.15, 0.2) is 6.20 Å². The highest BCUT2D eigenvalue weighted by Gasteiger charge is 2.24. The molecule has 1 fully saturated rings. The molecule has 6 heteroatoms. The molecule has 1 aliphatic heterocycles. The van der Waals surface area contributed by atoms with Crippen molar-refractivity contribution in [1.29, 1.82) is 0 Å². The summed E-state index contributed by atoms with van der Waals surface area (Å²) in [6.45, 7) is 10.4. The van der Waals surface area contributed by atoms with Gasteiger partial charge in [0.2, 0.25) is 0 Å². The molecule has 0 radical (unpaired) electrons. The maximum atomic E-state index is 12.5. The molecule has 0 aromatic carbocycles. The topological polar surface area (TPSA) is 49.3 Å². The van der Waals surface area contributed by atoms with E-state index in [1.165, 1.54) is 6.20 Å². The average molecular weight is 297 g/mol. The SMILES string of the molecule is CCN1CCN(C(=O)c2nc(C(C)C)ncc2Cl)CC1. The van der Waals surface area contributed by atoms with Crippen molar-refractivity contribution in [2.24, 2.45) is 0 Å². The number of aromatic nitrogens is 2. The van der Waals surface area contributed by atoms with E-state index in [1.807, 2.05) is 18.7 Å². The Kier molecular flexibility index (Phi) is 4.94. The Hall–Kier alpha value is -1.20. The van der Waals surface area contributed by atoms with Crippen LogP contribution in [0, 0.1) is 0 Å². The minimum Gasteiger partial charge on any atom is -0.335 e. The number of rotatable bonds is 3. The van der Waals surface area contributed by atoms with Crippen LogP contribution >= 0.6 is 11.6 Å². The normalized spacial score (nSPS) is 16.8. The van der Waals surface area contributed by atoms with Gasteiger partial charge in [0.25, 0.3) is 5.91 Å². The summed E-state index contributed by atoms with van der Waals surface area (Å²) in [6, 6.07) is 0. The molecule has 1 saturated heterocycles. The van der Waals surface area contributed by atoms with E-state index in [-0.39, 0.29) is 11.8 Å². The van der Waals surface area contributed by atoms with E-state index >= 15 is 0 Å². The zero-order chi connectivity index (χ0) is 14.7. The first-order valence-electron chi connectivity index (χ1n) is 7.07. The van der Waals surface area contributed by atoms with Crippen LogP contribution < -0.4 is 0 Å². The number of hydrogen-bond donors (Lipinski definition) is 0. The van der Waals surface area contributed by atoms with Gasteiger partial charge in [0.15, 0.2) is 5.69 Å². The van der Waals surface area contributed by atoms with Gasteiger partial charge in [0.05, 0.1) is 11.2 Å². The molecule has 0 N–H and O–H groups in total. The fourth-order valence-electron chi connectivity index (χ4n) is 2.23. The molecule has 0 bridgehead atoms. The molecule has 2 rings (SSSR count). The molecule has 0 unspecified atom stereocenters. The van der Waals surface area contributed by atoms with Gasteiger partial charge in [0, 0.05) is 32.1 Å². The Bertz CT molecular complexity index is 484. The van der Waals surface area contributed by atoms with Crippen LogP contribution in [0.2, 0.25) is 5.02 Å². The highest BCUT2D eigenvalue weighted by molar-refractivity contribution is 6.33. The predicted molar refractivity (Wildman–Crippen MR) is 79.1 cm³/mol. The van der Waals surface area contributed by atoms with Gasteiger partial charge in [-0.05, 0) is 6.54 Å². The van der Waals surface area contributed by atoms with Crippen molar-refractivity contribution in [2.45, 2.75) is 26.7 Å². The van der Waals surface area contributed by atoms with Gasteiger partial charge in [-0.3, -0.25) is 4.79 Å². The van der Waals surface area contributed by atoms with Crippen molar-refractivity contribution in [3.8, 4) is 0 Å². The van der Waals surface area contributed by atoms with Gasteiger partial charge in [-0.15, -0.1) is 0 Å². The number of amides is 1. The fraction of sp³-hybridized carbons (Fsp3) is 0.643. The molecule has 5 nitrogen and oxygen atoms in total. The van der Waals surface area contributed by atoms with E-state index in [4.69, 9.17) is 11.6 Å². The maximum Gasteiger partial charge on any atom is 0.274 e. The third kappa shape index (κ3) is 3.27. The molecule has 0 atom stereocenters. The second-order valence-electron chi connectivity index (χ2n) is 5.31. The molecule has 1 aromatic rings. The van der Waals surface area contributed by atoms with Crippen LogP contribution in [0.1, 0.15) is 43.0 Å². The maximum absolute atomic E-state index is 12.5. The van der Waals surface area contributed by atoms with E-state index in [2.05, 4.69) is 21.8 Å². The number of halogens is 1. The molecule has 1 aromatic heterocycles. The third-order valence-electron chi connectivity index (χ3n) is 3.59. The monoisotopic (exact) mass is 296 g/mol. The van der Waals surface area contributed by atoms with E-state index in [1.54, 1.807) is 0 Å². The third-order valence-corrected chi connectivity index (χ3v) is 3.87. The van der Waals surface area contributed by atoms with Gasteiger partial charge in [-0.1, -0.05) is 32.4 Å². The van der Waals surface area contributed by atoms with Crippen LogP contribution in [0.4, 0.5) is 0 Å². The highest BCUT2D eigenvalue weighted by atomic mass is 35.5. The van der Waals surface area contributed by atoms with Gasteiger partial charge in [-0.2, -0.15) is 0 Å². The Morgan fingerprint density at radius 3 is 2.55 bits per heavy atom. The highest BCUT2D eigenvalue weighted by Crippen LogP contribution is 2.18. The van der Waals surface area contributed by atoms with Crippen molar-refractivity contribution in [2.75, 3.05) is 32.7 Å². The van der Waals surface area contributed by atoms with Crippen LogP contribution in [0.5, 0.6) is 0 Å². The van der Waals surface area contributed by atoms with Gasteiger partial charge >= 0.3 is 0 Å². The standard InChI is InChI=1S/C14H21ClN4O/c1-4-18-5-7-19(8-6-18)14(20)12-11(15)9-16-13(17-12)10(2)3/h9-10H,4-8H2,1-3H3. The summed E-state index contributed by atoms with van der Waals surface area (Å²) in [5.74, 6) is 0.746. The minimum atomic E-state index is -0.0879. The van der Waals surface area contributed by atoms with E-state index in [0.29, 0.717) is 16.5 Å². The number of carbonyl (C=O) groups is 1. The molecule has 0 saturated carbocycles. The number of likely N-dealkylation sites (N-methyl/N-ethyl adjacent to an activating group) is 1. The molecule has 110 valence electrons. The van der Waals surface area contributed by atoms with Gasteiger partial charge in [-0.25, -0.2) is 9.97 Å². The van der Waals surface area contributed by atoms with Crippen LogP contribution in [0.25, 0.3) is 0 Å². The molecule has 1 amide bonds. The largest absolute Gasteiger partial charge is 0.335 e. The Morgan fingerprint density at radius 2 is 2.00 bits per heavy atom. The van der Waals surface area contributed by atoms with Crippen molar-refractivity contribution in [3.05, 3.63) is 22.7 Å². The lowest BCUT2D eigenvalue weighted by atomic mass is 10.2. The summed E-state index contributed by atoms with van der Waals surface area (Å²) >= 11 is 6.09. The number of carbonyl (C=O) groups excluding carboxylic acids is 1. The number of nitrogens with zero attached hydrogens (tertiary/aromatic N) is 4. The first-order chi connectivity index (χ1) is 9.52. The van der Waals surface area contributed by atoms with Crippen molar-refractivity contribution in [1.82, 2.24) is 19.8 Å². The summed E-state index contributed by atoms with van der Waals surface area (Å²) in [4.78, 5) is 25.2. The molecule has 1 aliphatic rings. The van der Waals surface area contributed by atoms with E-state index in [9.17, 15) is 4.79 Å². The van der Waals surface area contributed by atoms with Crippen LogP contribution in [-0.2, 0) is 0 Å². The summed E-state index contributed by atoms with van der Waals surface area (Å²) in [5.41, 5.74) is 0.329. The van der Waals surface area contributed by atoms with Crippen LogP contribution in [0.3, 0.4) is 0 Å². The summed E-state index contributed by atoms with van der Waals surface area (Å²) < 4.78 is 0. The van der Waals surface area contributed by atoms with E-state index in [0.717, 1.165) is 32.7 Å². The molecular weight excluding hydrogens is 276 g/mol. The second-order valence-corrected chi connectivity index (χ2v) is 5.71. The zero-order valence-corrected chi connectivity index (χ0v) is 13.0. The zero-order valence-electron chi connectivity index (χ0n) is 12.3. The predicted octanol–water partition coefficient (Wildman–Crippen LogP) is 2.03. The molecule has 0 spiro atoms. The molecular formula is C14H21ClN4O. The lowest BCUT2D eigenvalue weighted by Gasteiger charge is -2.34. The number of piperazine rings is 1. The molecule has 0 aliphatic carbocycles. The van der Waals surface area contributed by atoms with E-state index < -0.39 is 0 Å². The lowest BCUT2D eigenvalue weighted by Crippen LogP contribution is -2.48. The quantitative estimate of drug-likeness (QED) is 0.856. The Balaban J connectivity index is 2.15. The Labute approximate surface area is 124 Å².